The van der Waals surface area contributed by atoms with Gasteiger partial charge in [0, 0.05) is 23.3 Å². The van der Waals surface area contributed by atoms with Gasteiger partial charge >= 0.3 is 0 Å². The SMILES string of the molecule is Cc1cc(NCC[C@H]2CCCN2)ncc1Br. The molecular weight excluding hydrogens is 266 g/mol. The molecule has 1 fully saturated rings. The van der Waals surface area contributed by atoms with Gasteiger partial charge in [-0.1, -0.05) is 0 Å². The first-order chi connectivity index (χ1) is 7.75. The predicted molar refractivity (Wildman–Crippen MR) is 70.8 cm³/mol. The van der Waals surface area contributed by atoms with E-state index in [0.29, 0.717) is 6.04 Å². The van der Waals surface area contributed by atoms with Crippen molar-refractivity contribution in [1.29, 1.82) is 0 Å². The Balaban J connectivity index is 1.78. The molecule has 3 nitrogen and oxygen atoms in total. The maximum atomic E-state index is 4.32. The minimum Gasteiger partial charge on any atom is -0.370 e. The lowest BCUT2D eigenvalue weighted by Crippen LogP contribution is -2.24. The van der Waals surface area contributed by atoms with Crippen molar-refractivity contribution in [2.75, 3.05) is 18.4 Å². The second-order valence-corrected chi connectivity index (χ2v) is 5.18. The second-order valence-electron chi connectivity index (χ2n) is 4.33. The van der Waals surface area contributed by atoms with E-state index in [1.807, 2.05) is 6.20 Å². The van der Waals surface area contributed by atoms with E-state index in [1.54, 1.807) is 0 Å². The van der Waals surface area contributed by atoms with Crippen molar-refractivity contribution in [3.8, 4) is 0 Å². The predicted octanol–water partition coefficient (Wildman–Crippen LogP) is 2.71. The summed E-state index contributed by atoms with van der Waals surface area (Å²) in [5.41, 5.74) is 1.22. The zero-order chi connectivity index (χ0) is 11.4. The standard InChI is InChI=1S/C12H18BrN3/c1-9-7-12(16-8-11(9)13)15-6-4-10-3-2-5-14-10/h7-8,10,14H,2-6H2,1H3,(H,15,16)/t10-/m1/s1. The van der Waals surface area contributed by atoms with E-state index in [9.17, 15) is 0 Å². The molecule has 1 atom stereocenters. The fraction of sp³-hybridized carbons (Fsp3) is 0.583. The van der Waals surface area contributed by atoms with Gasteiger partial charge in [-0.15, -0.1) is 0 Å². The zero-order valence-corrected chi connectivity index (χ0v) is 11.2. The topological polar surface area (TPSA) is 37.0 Å². The maximum absolute atomic E-state index is 4.32. The van der Waals surface area contributed by atoms with Gasteiger partial charge in [-0.3, -0.25) is 0 Å². The molecule has 0 spiro atoms. The smallest absolute Gasteiger partial charge is 0.126 e. The van der Waals surface area contributed by atoms with E-state index in [4.69, 9.17) is 0 Å². The van der Waals surface area contributed by atoms with Crippen molar-refractivity contribution < 1.29 is 0 Å². The fourth-order valence-corrected chi connectivity index (χ4v) is 2.23. The lowest BCUT2D eigenvalue weighted by Gasteiger charge is -2.11. The van der Waals surface area contributed by atoms with Crippen LogP contribution in [0.5, 0.6) is 0 Å². The highest BCUT2D eigenvalue weighted by Gasteiger charge is 2.12. The Morgan fingerprint density at radius 2 is 2.50 bits per heavy atom. The molecule has 1 saturated heterocycles. The van der Waals surface area contributed by atoms with Gasteiger partial charge in [0.2, 0.25) is 0 Å². The van der Waals surface area contributed by atoms with Crippen LogP contribution in [0.25, 0.3) is 0 Å². The van der Waals surface area contributed by atoms with Crippen LogP contribution in [0, 0.1) is 6.92 Å². The van der Waals surface area contributed by atoms with E-state index < -0.39 is 0 Å². The highest BCUT2D eigenvalue weighted by molar-refractivity contribution is 9.10. The highest BCUT2D eigenvalue weighted by Crippen LogP contribution is 2.17. The van der Waals surface area contributed by atoms with Crippen LogP contribution in [-0.2, 0) is 0 Å². The number of aromatic nitrogens is 1. The van der Waals surface area contributed by atoms with Gasteiger partial charge < -0.3 is 10.6 Å². The minimum atomic E-state index is 0.698. The Morgan fingerprint density at radius 1 is 1.62 bits per heavy atom. The Hall–Kier alpha value is -0.610. The average molecular weight is 284 g/mol. The average Bonchev–Trinajstić information content (AvgIpc) is 2.76. The molecule has 0 aromatic carbocycles. The third-order valence-corrected chi connectivity index (χ3v) is 3.84. The molecule has 16 heavy (non-hydrogen) atoms. The molecule has 2 N–H and O–H groups in total. The number of pyridine rings is 1. The van der Waals surface area contributed by atoms with Gasteiger partial charge in [-0.25, -0.2) is 4.98 Å². The van der Waals surface area contributed by atoms with Crippen molar-refractivity contribution in [3.63, 3.8) is 0 Å². The Bertz CT molecular complexity index is 348. The summed E-state index contributed by atoms with van der Waals surface area (Å²) in [7, 11) is 0. The van der Waals surface area contributed by atoms with Crippen LogP contribution in [0.4, 0.5) is 5.82 Å². The molecule has 1 aromatic heterocycles. The molecule has 0 radical (unpaired) electrons. The molecule has 0 bridgehead atoms. The fourth-order valence-electron chi connectivity index (χ4n) is 2.01. The van der Waals surface area contributed by atoms with Crippen molar-refractivity contribution in [1.82, 2.24) is 10.3 Å². The number of hydrogen-bond donors (Lipinski definition) is 2. The normalized spacial score (nSPS) is 20.0. The molecule has 0 unspecified atom stereocenters. The summed E-state index contributed by atoms with van der Waals surface area (Å²) >= 11 is 3.45. The summed E-state index contributed by atoms with van der Waals surface area (Å²) in [4.78, 5) is 4.32. The summed E-state index contributed by atoms with van der Waals surface area (Å²) in [6.07, 6.45) is 5.66. The summed E-state index contributed by atoms with van der Waals surface area (Å²) in [5.74, 6) is 0.971. The number of halogens is 1. The van der Waals surface area contributed by atoms with Crippen LogP contribution in [0.3, 0.4) is 0 Å². The summed E-state index contributed by atoms with van der Waals surface area (Å²) in [6.45, 7) is 4.25. The number of aryl methyl sites for hydroxylation is 1. The van der Waals surface area contributed by atoms with Crippen LogP contribution in [0.15, 0.2) is 16.7 Å². The van der Waals surface area contributed by atoms with Gasteiger partial charge in [0.15, 0.2) is 0 Å². The van der Waals surface area contributed by atoms with Crippen molar-refractivity contribution in [2.45, 2.75) is 32.2 Å². The number of rotatable bonds is 4. The quantitative estimate of drug-likeness (QED) is 0.892. The molecule has 2 heterocycles. The second kappa shape index (κ2) is 5.64. The minimum absolute atomic E-state index is 0.698. The Kier molecular flexibility index (Phi) is 4.18. The summed E-state index contributed by atoms with van der Waals surface area (Å²) in [6, 6.07) is 2.77. The Morgan fingerprint density at radius 3 is 3.19 bits per heavy atom. The van der Waals surface area contributed by atoms with Crippen LogP contribution in [0.2, 0.25) is 0 Å². The lowest BCUT2D eigenvalue weighted by molar-refractivity contribution is 0.574. The van der Waals surface area contributed by atoms with Crippen molar-refractivity contribution >= 4 is 21.7 Å². The first-order valence-electron chi connectivity index (χ1n) is 5.85. The number of nitrogens with one attached hydrogen (secondary N) is 2. The highest BCUT2D eigenvalue weighted by atomic mass is 79.9. The van der Waals surface area contributed by atoms with Crippen molar-refractivity contribution in [3.05, 3.63) is 22.3 Å². The van der Waals surface area contributed by atoms with Crippen molar-refractivity contribution in [2.24, 2.45) is 0 Å². The number of hydrogen-bond acceptors (Lipinski definition) is 3. The molecule has 0 amide bonds. The van der Waals surface area contributed by atoms with Gasteiger partial charge in [0.05, 0.1) is 0 Å². The van der Waals surface area contributed by atoms with Gasteiger partial charge in [0.25, 0.3) is 0 Å². The zero-order valence-electron chi connectivity index (χ0n) is 9.59. The van der Waals surface area contributed by atoms with Crippen LogP contribution in [-0.4, -0.2) is 24.1 Å². The Labute approximate surface area is 105 Å². The van der Waals surface area contributed by atoms with E-state index in [2.05, 4.69) is 44.5 Å². The van der Waals surface area contributed by atoms with Crippen LogP contribution >= 0.6 is 15.9 Å². The van der Waals surface area contributed by atoms with E-state index in [0.717, 1.165) is 16.8 Å². The molecule has 1 aliphatic rings. The lowest BCUT2D eigenvalue weighted by atomic mass is 10.1. The molecule has 4 heteroatoms. The van der Waals surface area contributed by atoms with Crippen LogP contribution in [0.1, 0.15) is 24.8 Å². The summed E-state index contributed by atoms with van der Waals surface area (Å²) < 4.78 is 1.07. The maximum Gasteiger partial charge on any atom is 0.126 e. The van der Waals surface area contributed by atoms with Gasteiger partial charge in [-0.2, -0.15) is 0 Å². The number of anilines is 1. The van der Waals surface area contributed by atoms with E-state index in [1.165, 1.54) is 31.4 Å². The number of nitrogens with zero attached hydrogens (tertiary/aromatic N) is 1. The van der Waals surface area contributed by atoms with Crippen LogP contribution < -0.4 is 10.6 Å². The van der Waals surface area contributed by atoms with Gasteiger partial charge in [0.1, 0.15) is 5.82 Å². The van der Waals surface area contributed by atoms with E-state index in [-0.39, 0.29) is 0 Å². The van der Waals surface area contributed by atoms with Gasteiger partial charge in [-0.05, 0) is 60.3 Å². The third kappa shape index (κ3) is 3.19. The summed E-state index contributed by atoms with van der Waals surface area (Å²) in [5, 5.41) is 6.86. The molecule has 1 aromatic rings. The molecule has 2 rings (SSSR count). The monoisotopic (exact) mass is 283 g/mol. The van der Waals surface area contributed by atoms with E-state index >= 15 is 0 Å². The molecule has 1 aliphatic heterocycles. The largest absolute Gasteiger partial charge is 0.370 e. The molecule has 88 valence electrons. The first kappa shape index (κ1) is 11.9. The molecule has 0 aliphatic carbocycles. The first-order valence-corrected chi connectivity index (χ1v) is 6.64. The third-order valence-electron chi connectivity index (χ3n) is 3.01. The molecule has 0 saturated carbocycles. The molecular formula is C12H18BrN3.